The third-order valence-electron chi connectivity index (χ3n) is 3.29. The minimum atomic E-state index is -4.40. The van der Waals surface area contributed by atoms with Crippen LogP contribution in [-0.2, 0) is 11.0 Å². The fourth-order valence-electron chi connectivity index (χ4n) is 1.59. The van der Waals surface area contributed by atoms with Crippen LogP contribution in [0.1, 0.15) is 12.5 Å². The van der Waals surface area contributed by atoms with Gasteiger partial charge in [-0.2, -0.15) is 13.2 Å². The fourth-order valence-corrected chi connectivity index (χ4v) is 1.59. The SMILES string of the molecule is C[C@@H](C(=O)NCC(O)COc1ccc(C(F)(F)F)cc1)N(C)C. The molecule has 0 saturated carbocycles. The van der Waals surface area contributed by atoms with Crippen LogP contribution in [0.15, 0.2) is 24.3 Å². The number of ether oxygens (including phenoxy) is 1. The Morgan fingerprint density at radius 3 is 2.35 bits per heavy atom. The molecule has 0 aromatic heterocycles. The Morgan fingerprint density at radius 2 is 1.87 bits per heavy atom. The number of likely N-dealkylation sites (N-methyl/N-ethyl adjacent to an activating group) is 1. The lowest BCUT2D eigenvalue weighted by Gasteiger charge is -2.20. The lowest BCUT2D eigenvalue weighted by atomic mass is 10.2. The summed E-state index contributed by atoms with van der Waals surface area (Å²) in [6.45, 7) is 1.58. The van der Waals surface area contributed by atoms with Gasteiger partial charge in [0, 0.05) is 6.54 Å². The van der Waals surface area contributed by atoms with E-state index < -0.39 is 17.8 Å². The monoisotopic (exact) mass is 334 g/mol. The van der Waals surface area contributed by atoms with Gasteiger partial charge in [0.15, 0.2) is 0 Å². The van der Waals surface area contributed by atoms with Crippen molar-refractivity contribution in [3.8, 4) is 5.75 Å². The van der Waals surface area contributed by atoms with Gasteiger partial charge < -0.3 is 15.2 Å². The van der Waals surface area contributed by atoms with Crippen LogP contribution >= 0.6 is 0 Å². The molecular formula is C15H21F3N2O3. The number of nitrogens with one attached hydrogen (secondary N) is 1. The average molecular weight is 334 g/mol. The Kier molecular flexibility index (Phi) is 6.83. The zero-order valence-electron chi connectivity index (χ0n) is 13.2. The van der Waals surface area contributed by atoms with Crippen LogP contribution in [0.5, 0.6) is 5.75 Å². The number of amides is 1. The van der Waals surface area contributed by atoms with E-state index in [9.17, 15) is 23.1 Å². The molecule has 0 aliphatic carbocycles. The van der Waals surface area contributed by atoms with Gasteiger partial charge in [0.2, 0.25) is 5.91 Å². The number of benzene rings is 1. The third kappa shape index (κ3) is 6.45. The van der Waals surface area contributed by atoms with Gasteiger partial charge in [-0.15, -0.1) is 0 Å². The number of nitrogens with zero attached hydrogens (tertiary/aromatic N) is 1. The summed E-state index contributed by atoms with van der Waals surface area (Å²) in [5, 5.41) is 12.3. The maximum Gasteiger partial charge on any atom is 0.416 e. The smallest absolute Gasteiger partial charge is 0.416 e. The van der Waals surface area contributed by atoms with Gasteiger partial charge in [0.1, 0.15) is 18.5 Å². The molecule has 1 rings (SSSR count). The van der Waals surface area contributed by atoms with E-state index in [-0.39, 0.29) is 30.9 Å². The summed E-state index contributed by atoms with van der Waals surface area (Å²) in [5.41, 5.74) is -0.768. The first-order valence-electron chi connectivity index (χ1n) is 7.03. The van der Waals surface area contributed by atoms with Crippen molar-refractivity contribution in [2.24, 2.45) is 0 Å². The van der Waals surface area contributed by atoms with E-state index in [2.05, 4.69) is 5.32 Å². The van der Waals surface area contributed by atoms with Gasteiger partial charge in [-0.1, -0.05) is 0 Å². The van der Waals surface area contributed by atoms with Gasteiger partial charge in [0.05, 0.1) is 11.6 Å². The number of aliphatic hydroxyl groups is 1. The van der Waals surface area contributed by atoms with Crippen molar-refractivity contribution >= 4 is 5.91 Å². The molecule has 0 spiro atoms. The number of hydrogen-bond acceptors (Lipinski definition) is 4. The van der Waals surface area contributed by atoms with E-state index >= 15 is 0 Å². The van der Waals surface area contributed by atoms with E-state index in [0.29, 0.717) is 0 Å². The summed E-state index contributed by atoms with van der Waals surface area (Å²) in [6, 6.07) is 3.84. The van der Waals surface area contributed by atoms with Gasteiger partial charge in [-0.25, -0.2) is 0 Å². The molecule has 0 fully saturated rings. The highest BCUT2D eigenvalue weighted by atomic mass is 19.4. The van der Waals surface area contributed by atoms with Crippen molar-refractivity contribution in [1.29, 1.82) is 0 Å². The third-order valence-corrected chi connectivity index (χ3v) is 3.29. The molecular weight excluding hydrogens is 313 g/mol. The Balaban J connectivity index is 2.39. The summed E-state index contributed by atoms with van der Waals surface area (Å²) in [4.78, 5) is 13.4. The molecule has 0 saturated heterocycles. The van der Waals surface area contributed by atoms with Crippen molar-refractivity contribution in [3.05, 3.63) is 29.8 Å². The lowest BCUT2D eigenvalue weighted by molar-refractivity contribution is -0.137. The standard InChI is InChI=1S/C15H21F3N2O3/c1-10(20(2)3)14(22)19-8-12(21)9-23-13-6-4-11(5-7-13)15(16,17)18/h4-7,10,12,21H,8-9H2,1-3H3,(H,19,22)/t10-,12?/m0/s1. The number of carbonyl (C=O) groups excluding carboxylic acids is 1. The van der Waals surface area contributed by atoms with Crippen LogP contribution < -0.4 is 10.1 Å². The van der Waals surface area contributed by atoms with E-state index in [0.717, 1.165) is 12.1 Å². The lowest BCUT2D eigenvalue weighted by Crippen LogP contribution is -2.44. The van der Waals surface area contributed by atoms with Gasteiger partial charge in [-0.3, -0.25) is 9.69 Å². The summed E-state index contributed by atoms with van der Waals surface area (Å²) in [6.07, 6.45) is -5.36. The molecule has 2 atom stereocenters. The largest absolute Gasteiger partial charge is 0.491 e. The number of halogens is 3. The molecule has 0 bridgehead atoms. The first-order chi connectivity index (χ1) is 10.6. The minimum absolute atomic E-state index is 0.00233. The maximum atomic E-state index is 12.4. The van der Waals surface area contributed by atoms with Crippen molar-refractivity contribution in [1.82, 2.24) is 10.2 Å². The van der Waals surface area contributed by atoms with Crippen molar-refractivity contribution in [2.45, 2.75) is 25.2 Å². The minimum Gasteiger partial charge on any atom is -0.491 e. The first kappa shape index (κ1) is 19.2. The van der Waals surface area contributed by atoms with Gasteiger partial charge in [-0.05, 0) is 45.3 Å². The highest BCUT2D eigenvalue weighted by molar-refractivity contribution is 5.81. The summed E-state index contributed by atoms with van der Waals surface area (Å²) in [7, 11) is 3.52. The number of aliphatic hydroxyl groups excluding tert-OH is 1. The van der Waals surface area contributed by atoms with Crippen LogP contribution in [0.2, 0.25) is 0 Å². The molecule has 8 heteroatoms. The Labute approximate surface area is 133 Å². The normalized spacial score (nSPS) is 14.4. The molecule has 2 N–H and O–H groups in total. The van der Waals surface area contributed by atoms with E-state index in [4.69, 9.17) is 4.74 Å². The van der Waals surface area contributed by atoms with Gasteiger partial charge >= 0.3 is 6.18 Å². The molecule has 23 heavy (non-hydrogen) atoms. The van der Waals surface area contributed by atoms with E-state index in [1.807, 2.05) is 0 Å². The Bertz CT molecular complexity index is 504. The number of rotatable bonds is 7. The predicted octanol–water partition coefficient (Wildman–Crippen LogP) is 1.51. The molecule has 1 aromatic rings. The highest BCUT2D eigenvalue weighted by Gasteiger charge is 2.30. The molecule has 1 amide bonds. The first-order valence-corrected chi connectivity index (χ1v) is 7.03. The number of carbonyl (C=O) groups is 1. The second-order valence-electron chi connectivity index (χ2n) is 5.37. The number of alkyl halides is 3. The number of hydrogen-bond donors (Lipinski definition) is 2. The molecule has 1 unspecified atom stereocenters. The van der Waals surface area contributed by atoms with Gasteiger partial charge in [0.25, 0.3) is 0 Å². The molecule has 0 aliphatic rings. The van der Waals surface area contributed by atoms with Crippen LogP contribution in [0, 0.1) is 0 Å². The summed E-state index contributed by atoms with van der Waals surface area (Å²) in [5.74, 6) is -0.0198. The topological polar surface area (TPSA) is 61.8 Å². The molecule has 0 radical (unpaired) electrons. The fraction of sp³-hybridized carbons (Fsp3) is 0.533. The Morgan fingerprint density at radius 1 is 1.30 bits per heavy atom. The van der Waals surface area contributed by atoms with Crippen molar-refractivity contribution < 1.29 is 27.8 Å². The molecule has 0 heterocycles. The van der Waals surface area contributed by atoms with Crippen molar-refractivity contribution in [2.75, 3.05) is 27.2 Å². The summed E-state index contributed by atoms with van der Waals surface area (Å²) < 4.78 is 42.4. The predicted molar refractivity (Wildman–Crippen MR) is 79.1 cm³/mol. The van der Waals surface area contributed by atoms with Crippen LogP contribution in [0.4, 0.5) is 13.2 Å². The van der Waals surface area contributed by atoms with Crippen molar-refractivity contribution in [3.63, 3.8) is 0 Å². The maximum absolute atomic E-state index is 12.4. The Hall–Kier alpha value is -1.80. The average Bonchev–Trinajstić information content (AvgIpc) is 2.49. The second kappa shape index (κ2) is 8.16. The quantitative estimate of drug-likeness (QED) is 0.794. The van der Waals surface area contributed by atoms with E-state index in [1.165, 1.54) is 12.1 Å². The zero-order chi connectivity index (χ0) is 17.6. The molecule has 1 aromatic carbocycles. The van der Waals surface area contributed by atoms with E-state index in [1.54, 1.807) is 25.9 Å². The second-order valence-corrected chi connectivity index (χ2v) is 5.37. The van der Waals surface area contributed by atoms with Crippen LogP contribution in [0.25, 0.3) is 0 Å². The summed E-state index contributed by atoms with van der Waals surface area (Å²) >= 11 is 0. The highest BCUT2D eigenvalue weighted by Crippen LogP contribution is 2.30. The molecule has 130 valence electrons. The van der Waals surface area contributed by atoms with Crippen LogP contribution in [-0.4, -0.2) is 55.3 Å². The molecule has 0 aliphatic heterocycles. The van der Waals surface area contributed by atoms with Crippen LogP contribution in [0.3, 0.4) is 0 Å². The zero-order valence-corrected chi connectivity index (χ0v) is 13.2. The molecule has 5 nitrogen and oxygen atoms in total.